The maximum atomic E-state index is 13.6. The Balaban J connectivity index is 1.83. The molecule has 10 heteroatoms. The van der Waals surface area contributed by atoms with E-state index < -0.39 is 34.2 Å². The van der Waals surface area contributed by atoms with Crippen LogP contribution in [0, 0.1) is 11.8 Å². The van der Waals surface area contributed by atoms with E-state index in [0.717, 1.165) is 21.0 Å². The predicted octanol–water partition coefficient (Wildman–Crippen LogP) is 4.16. The second-order valence-electron chi connectivity index (χ2n) is 11.1. The van der Waals surface area contributed by atoms with Gasteiger partial charge >= 0.3 is 6.09 Å². The van der Waals surface area contributed by atoms with Gasteiger partial charge in [-0.3, -0.25) is 9.59 Å². The highest BCUT2D eigenvalue weighted by Crippen LogP contribution is 2.24. The van der Waals surface area contributed by atoms with Gasteiger partial charge in [0.1, 0.15) is 12.6 Å². The van der Waals surface area contributed by atoms with Crippen molar-refractivity contribution in [3.63, 3.8) is 0 Å². The number of ether oxygens (including phenoxy) is 1. The van der Waals surface area contributed by atoms with Gasteiger partial charge in [0.15, 0.2) is 11.9 Å². The smallest absolute Gasteiger partial charge is 0.408 e. The van der Waals surface area contributed by atoms with E-state index in [1.54, 1.807) is 0 Å². The minimum absolute atomic E-state index is 0.0223. The summed E-state index contributed by atoms with van der Waals surface area (Å²) in [5, 5.41) is 5.31. The molecule has 218 valence electrons. The van der Waals surface area contributed by atoms with E-state index >= 15 is 0 Å². The molecular formula is C30H41N3O6S. The number of ketones is 1. The number of alkyl carbamates (subject to hydrolysis) is 1. The average molecular weight is 572 g/mol. The highest BCUT2D eigenvalue weighted by atomic mass is 32.2. The minimum Gasteiger partial charge on any atom is -0.445 e. The molecule has 0 aromatic heterocycles. The SMILES string of the molecule is CC(C)CCC(=O)C(NC(=O)[C@H](CC(C)C)NC(=O)OCc1ccccc1)N1Cc2ccccc2CCS1(=O)=O. The summed E-state index contributed by atoms with van der Waals surface area (Å²) in [4.78, 5) is 39.7. The summed E-state index contributed by atoms with van der Waals surface area (Å²) in [6, 6.07) is 15.5. The molecule has 2 N–H and O–H groups in total. The van der Waals surface area contributed by atoms with E-state index in [4.69, 9.17) is 4.74 Å². The van der Waals surface area contributed by atoms with Crippen LogP contribution in [0.2, 0.25) is 0 Å². The fourth-order valence-corrected chi connectivity index (χ4v) is 6.10. The van der Waals surface area contributed by atoms with Crippen molar-refractivity contribution in [3.05, 3.63) is 71.3 Å². The van der Waals surface area contributed by atoms with Crippen LogP contribution >= 0.6 is 0 Å². The van der Waals surface area contributed by atoms with Crippen LogP contribution in [0.4, 0.5) is 4.79 Å². The van der Waals surface area contributed by atoms with Crippen molar-refractivity contribution in [2.24, 2.45) is 11.8 Å². The van der Waals surface area contributed by atoms with E-state index in [-0.39, 0.29) is 49.4 Å². The normalized spacial score (nSPS) is 16.4. The maximum absolute atomic E-state index is 13.6. The molecule has 0 fully saturated rings. The summed E-state index contributed by atoms with van der Waals surface area (Å²) in [5.41, 5.74) is 2.49. The number of hydrogen-bond acceptors (Lipinski definition) is 6. The zero-order valence-corrected chi connectivity index (χ0v) is 24.6. The van der Waals surface area contributed by atoms with E-state index in [1.165, 1.54) is 0 Å². The fourth-order valence-electron chi connectivity index (χ4n) is 4.56. The monoisotopic (exact) mass is 571 g/mol. The lowest BCUT2D eigenvalue weighted by Gasteiger charge is -2.31. The van der Waals surface area contributed by atoms with Gasteiger partial charge in [-0.25, -0.2) is 13.2 Å². The lowest BCUT2D eigenvalue weighted by Crippen LogP contribution is -2.59. The standard InChI is InChI=1S/C30H41N3O6S/c1-21(2)14-15-27(34)28(33-19-25-13-9-8-12-24(25)16-17-40(33,37)38)32-29(35)26(18-22(3)4)31-30(36)39-20-23-10-6-5-7-11-23/h5-13,21-22,26,28H,14-20H2,1-4H3,(H,31,36)(H,32,35)/t26-,28?/m0/s1. The number of nitrogens with zero attached hydrogens (tertiary/aromatic N) is 1. The molecule has 1 aliphatic rings. The molecule has 2 aromatic carbocycles. The molecule has 3 rings (SSSR count). The van der Waals surface area contributed by atoms with Gasteiger partial charge in [-0.1, -0.05) is 82.3 Å². The summed E-state index contributed by atoms with van der Waals surface area (Å²) in [5.74, 6) is -0.959. The van der Waals surface area contributed by atoms with Crippen molar-refractivity contribution in [3.8, 4) is 0 Å². The van der Waals surface area contributed by atoms with Gasteiger partial charge in [0.25, 0.3) is 0 Å². The number of carbonyl (C=O) groups is 3. The Bertz CT molecular complexity index is 1260. The van der Waals surface area contributed by atoms with Crippen molar-refractivity contribution in [1.29, 1.82) is 0 Å². The van der Waals surface area contributed by atoms with Crippen LogP contribution in [0.3, 0.4) is 0 Å². The molecule has 0 saturated carbocycles. The molecular weight excluding hydrogens is 530 g/mol. The molecule has 0 aliphatic carbocycles. The zero-order chi connectivity index (χ0) is 29.3. The summed E-state index contributed by atoms with van der Waals surface area (Å²) in [7, 11) is -3.88. The number of nitrogens with one attached hydrogen (secondary N) is 2. The van der Waals surface area contributed by atoms with Crippen LogP contribution in [0.1, 0.15) is 63.6 Å². The van der Waals surface area contributed by atoms with Crippen molar-refractivity contribution in [2.75, 3.05) is 5.75 Å². The fraction of sp³-hybridized carbons (Fsp3) is 0.500. The van der Waals surface area contributed by atoms with Crippen LogP contribution in [-0.4, -0.2) is 48.5 Å². The van der Waals surface area contributed by atoms with E-state index in [1.807, 2.05) is 82.3 Å². The first-order chi connectivity index (χ1) is 19.0. The Morgan fingerprint density at radius 3 is 2.20 bits per heavy atom. The van der Waals surface area contributed by atoms with Crippen LogP contribution < -0.4 is 10.6 Å². The first-order valence-electron chi connectivity index (χ1n) is 13.8. The molecule has 2 amide bonds. The van der Waals surface area contributed by atoms with Gasteiger partial charge in [0.2, 0.25) is 15.9 Å². The Hall–Kier alpha value is -3.24. The molecule has 2 aromatic rings. The van der Waals surface area contributed by atoms with E-state index in [2.05, 4.69) is 10.6 Å². The molecule has 0 bridgehead atoms. The van der Waals surface area contributed by atoms with Gasteiger partial charge in [0.05, 0.1) is 5.75 Å². The van der Waals surface area contributed by atoms with E-state index in [0.29, 0.717) is 12.8 Å². The molecule has 0 spiro atoms. The summed E-state index contributed by atoms with van der Waals surface area (Å²) in [6.07, 6.45) is -0.912. The van der Waals surface area contributed by atoms with E-state index in [9.17, 15) is 22.8 Å². The highest BCUT2D eigenvalue weighted by Gasteiger charge is 2.39. The third-order valence-corrected chi connectivity index (χ3v) is 8.57. The molecule has 0 radical (unpaired) electrons. The molecule has 1 heterocycles. The second kappa shape index (κ2) is 14.4. The first-order valence-corrected chi connectivity index (χ1v) is 15.4. The Labute approximate surface area is 237 Å². The number of rotatable bonds is 12. The van der Waals surface area contributed by atoms with Crippen LogP contribution in [-0.2, 0) is 43.9 Å². The van der Waals surface area contributed by atoms with Crippen molar-refractivity contribution < 1.29 is 27.5 Å². The van der Waals surface area contributed by atoms with Crippen LogP contribution in [0.25, 0.3) is 0 Å². The summed E-state index contributed by atoms with van der Waals surface area (Å²) < 4.78 is 33.2. The number of Topliss-reactive ketones (excluding diaryl/α,β-unsaturated/α-hetero) is 1. The van der Waals surface area contributed by atoms with Gasteiger partial charge in [-0.15, -0.1) is 0 Å². The number of sulfonamides is 1. The molecule has 40 heavy (non-hydrogen) atoms. The molecule has 1 aliphatic heterocycles. The molecule has 1 unspecified atom stereocenters. The molecule has 0 saturated heterocycles. The van der Waals surface area contributed by atoms with Gasteiger partial charge < -0.3 is 15.4 Å². The summed E-state index contributed by atoms with van der Waals surface area (Å²) in [6.45, 7) is 7.76. The van der Waals surface area contributed by atoms with Crippen molar-refractivity contribution in [1.82, 2.24) is 14.9 Å². The van der Waals surface area contributed by atoms with Crippen molar-refractivity contribution >= 4 is 27.8 Å². The first kappa shape index (κ1) is 31.3. The Morgan fingerprint density at radius 2 is 1.55 bits per heavy atom. The van der Waals surface area contributed by atoms with Crippen LogP contribution in [0.5, 0.6) is 0 Å². The quantitative estimate of drug-likeness (QED) is 0.395. The number of aryl methyl sites for hydroxylation is 1. The third kappa shape index (κ3) is 9.16. The number of benzene rings is 2. The zero-order valence-electron chi connectivity index (χ0n) is 23.8. The number of amides is 2. The number of carbonyl (C=O) groups excluding carboxylic acids is 3. The molecule has 9 nitrogen and oxygen atoms in total. The topological polar surface area (TPSA) is 122 Å². The van der Waals surface area contributed by atoms with Gasteiger partial charge in [-0.2, -0.15) is 4.31 Å². The second-order valence-corrected chi connectivity index (χ2v) is 13.1. The number of hydrogen-bond donors (Lipinski definition) is 2. The average Bonchev–Trinajstić information content (AvgIpc) is 3.04. The summed E-state index contributed by atoms with van der Waals surface area (Å²) >= 11 is 0. The van der Waals surface area contributed by atoms with Crippen LogP contribution in [0.15, 0.2) is 54.6 Å². The van der Waals surface area contributed by atoms with Crippen molar-refractivity contribution in [2.45, 2.75) is 78.7 Å². The maximum Gasteiger partial charge on any atom is 0.408 e. The lowest BCUT2D eigenvalue weighted by molar-refractivity contribution is -0.132. The van der Waals surface area contributed by atoms with Gasteiger partial charge in [0, 0.05) is 13.0 Å². The van der Waals surface area contributed by atoms with Gasteiger partial charge in [-0.05, 0) is 47.8 Å². The third-order valence-electron chi connectivity index (χ3n) is 6.80. The lowest BCUT2D eigenvalue weighted by atomic mass is 10.0. The number of fused-ring (bicyclic) bond motifs is 1. The largest absolute Gasteiger partial charge is 0.445 e. The Morgan fingerprint density at radius 1 is 0.900 bits per heavy atom. The predicted molar refractivity (Wildman–Crippen MR) is 153 cm³/mol. The minimum atomic E-state index is -3.88. The Kier molecular flexibility index (Phi) is 11.3. The molecule has 2 atom stereocenters. The highest BCUT2D eigenvalue weighted by molar-refractivity contribution is 7.89.